The zero-order chi connectivity index (χ0) is 14.5. The first-order chi connectivity index (χ1) is 9.67. The van der Waals surface area contributed by atoms with Crippen LogP contribution in [0.25, 0.3) is 0 Å². The van der Waals surface area contributed by atoms with Crippen molar-refractivity contribution < 1.29 is 9.47 Å². The molecular formula is C15H15N3O2. The fourth-order valence-corrected chi connectivity index (χ4v) is 1.78. The Morgan fingerprint density at radius 2 is 1.85 bits per heavy atom. The third-order valence-corrected chi connectivity index (χ3v) is 2.86. The SMILES string of the molecule is COc1ccc(Nc2cc(C#N)ccc2N)c(OC)c1. The molecule has 0 spiro atoms. The van der Waals surface area contributed by atoms with Gasteiger partial charge in [-0.3, -0.25) is 0 Å². The van der Waals surface area contributed by atoms with E-state index in [1.54, 1.807) is 38.5 Å². The van der Waals surface area contributed by atoms with Gasteiger partial charge in [0.25, 0.3) is 0 Å². The summed E-state index contributed by atoms with van der Waals surface area (Å²) in [5.74, 6) is 1.33. The summed E-state index contributed by atoms with van der Waals surface area (Å²) in [5.41, 5.74) is 8.40. The van der Waals surface area contributed by atoms with Gasteiger partial charge in [0.2, 0.25) is 0 Å². The topological polar surface area (TPSA) is 80.3 Å². The van der Waals surface area contributed by atoms with Crippen molar-refractivity contribution in [1.29, 1.82) is 5.26 Å². The van der Waals surface area contributed by atoms with Crippen molar-refractivity contribution in [2.75, 3.05) is 25.3 Å². The lowest BCUT2D eigenvalue weighted by Crippen LogP contribution is -1.99. The van der Waals surface area contributed by atoms with Gasteiger partial charge in [-0.25, -0.2) is 0 Å². The maximum atomic E-state index is 8.93. The number of rotatable bonds is 4. The van der Waals surface area contributed by atoms with E-state index < -0.39 is 0 Å². The van der Waals surface area contributed by atoms with Crippen LogP contribution in [0.15, 0.2) is 36.4 Å². The number of ether oxygens (including phenoxy) is 2. The molecule has 0 aliphatic rings. The van der Waals surface area contributed by atoms with Gasteiger partial charge in [0.05, 0.1) is 42.9 Å². The van der Waals surface area contributed by atoms with Gasteiger partial charge in [-0.2, -0.15) is 5.26 Å². The van der Waals surface area contributed by atoms with Crippen LogP contribution in [0.2, 0.25) is 0 Å². The molecule has 0 bridgehead atoms. The largest absolute Gasteiger partial charge is 0.497 e. The number of nitrogens with two attached hydrogens (primary N) is 1. The molecule has 0 aliphatic carbocycles. The van der Waals surface area contributed by atoms with Crippen molar-refractivity contribution >= 4 is 17.1 Å². The van der Waals surface area contributed by atoms with Crippen LogP contribution >= 0.6 is 0 Å². The highest BCUT2D eigenvalue weighted by Crippen LogP contribution is 2.33. The normalized spacial score (nSPS) is 9.65. The van der Waals surface area contributed by atoms with Crippen LogP contribution in [0, 0.1) is 11.3 Å². The van der Waals surface area contributed by atoms with Gasteiger partial charge in [-0.15, -0.1) is 0 Å². The number of nitrogens with one attached hydrogen (secondary N) is 1. The second-order valence-corrected chi connectivity index (χ2v) is 4.11. The molecule has 0 saturated heterocycles. The van der Waals surface area contributed by atoms with Gasteiger partial charge in [0, 0.05) is 6.07 Å². The molecule has 0 radical (unpaired) electrons. The molecule has 0 fully saturated rings. The molecule has 0 heterocycles. The Morgan fingerprint density at radius 3 is 2.50 bits per heavy atom. The first kappa shape index (κ1) is 13.6. The number of methoxy groups -OCH3 is 2. The maximum absolute atomic E-state index is 8.93. The molecule has 0 amide bonds. The number of benzene rings is 2. The summed E-state index contributed by atoms with van der Waals surface area (Å²) >= 11 is 0. The lowest BCUT2D eigenvalue weighted by Gasteiger charge is -2.14. The molecule has 0 unspecified atom stereocenters. The van der Waals surface area contributed by atoms with E-state index >= 15 is 0 Å². The van der Waals surface area contributed by atoms with E-state index in [-0.39, 0.29) is 0 Å². The summed E-state index contributed by atoms with van der Waals surface area (Å²) in [4.78, 5) is 0. The van der Waals surface area contributed by atoms with E-state index in [1.165, 1.54) is 0 Å². The maximum Gasteiger partial charge on any atom is 0.145 e. The fourth-order valence-electron chi connectivity index (χ4n) is 1.78. The van der Waals surface area contributed by atoms with E-state index in [1.807, 2.05) is 12.1 Å². The Kier molecular flexibility index (Phi) is 3.96. The van der Waals surface area contributed by atoms with E-state index in [2.05, 4.69) is 11.4 Å². The van der Waals surface area contributed by atoms with Crippen molar-refractivity contribution in [3.63, 3.8) is 0 Å². The number of nitriles is 1. The second kappa shape index (κ2) is 5.85. The summed E-state index contributed by atoms with van der Waals surface area (Å²) in [6.07, 6.45) is 0. The monoisotopic (exact) mass is 269 g/mol. The molecule has 0 atom stereocenters. The smallest absolute Gasteiger partial charge is 0.145 e. The average Bonchev–Trinajstić information content (AvgIpc) is 2.49. The molecule has 5 heteroatoms. The molecule has 102 valence electrons. The third-order valence-electron chi connectivity index (χ3n) is 2.86. The van der Waals surface area contributed by atoms with Crippen molar-refractivity contribution in [3.8, 4) is 17.6 Å². The van der Waals surface area contributed by atoms with Gasteiger partial charge < -0.3 is 20.5 Å². The molecule has 2 rings (SSSR count). The van der Waals surface area contributed by atoms with E-state index in [9.17, 15) is 0 Å². The van der Waals surface area contributed by atoms with Crippen LogP contribution < -0.4 is 20.5 Å². The first-order valence-electron chi connectivity index (χ1n) is 5.96. The fraction of sp³-hybridized carbons (Fsp3) is 0.133. The Bertz CT molecular complexity index is 663. The number of hydrogen-bond acceptors (Lipinski definition) is 5. The summed E-state index contributed by atoms with van der Waals surface area (Å²) < 4.78 is 10.5. The molecule has 5 nitrogen and oxygen atoms in total. The highest BCUT2D eigenvalue weighted by atomic mass is 16.5. The Labute approximate surface area is 117 Å². The quantitative estimate of drug-likeness (QED) is 0.834. The van der Waals surface area contributed by atoms with Crippen LogP contribution in [0.4, 0.5) is 17.1 Å². The van der Waals surface area contributed by atoms with Gasteiger partial charge in [-0.1, -0.05) is 0 Å². The van der Waals surface area contributed by atoms with Crippen LogP contribution in [-0.2, 0) is 0 Å². The zero-order valence-corrected chi connectivity index (χ0v) is 11.3. The minimum Gasteiger partial charge on any atom is -0.497 e. The minimum absolute atomic E-state index is 0.536. The Morgan fingerprint density at radius 1 is 1.05 bits per heavy atom. The highest BCUT2D eigenvalue weighted by molar-refractivity contribution is 5.76. The number of hydrogen-bond donors (Lipinski definition) is 2. The summed E-state index contributed by atoms with van der Waals surface area (Å²) in [5, 5.41) is 12.1. The van der Waals surface area contributed by atoms with Crippen LogP contribution in [0.3, 0.4) is 0 Å². The van der Waals surface area contributed by atoms with Crippen molar-refractivity contribution in [2.45, 2.75) is 0 Å². The lowest BCUT2D eigenvalue weighted by molar-refractivity contribution is 0.395. The molecular weight excluding hydrogens is 254 g/mol. The van der Waals surface area contributed by atoms with E-state index in [0.29, 0.717) is 28.4 Å². The van der Waals surface area contributed by atoms with Crippen LogP contribution in [0.5, 0.6) is 11.5 Å². The molecule has 2 aromatic carbocycles. The number of nitrogens with zero attached hydrogens (tertiary/aromatic N) is 1. The van der Waals surface area contributed by atoms with E-state index in [4.69, 9.17) is 20.5 Å². The lowest BCUT2D eigenvalue weighted by atomic mass is 10.1. The zero-order valence-electron chi connectivity index (χ0n) is 11.3. The first-order valence-corrected chi connectivity index (χ1v) is 5.96. The summed E-state index contributed by atoms with van der Waals surface area (Å²) in [6, 6.07) is 12.6. The summed E-state index contributed by atoms with van der Waals surface area (Å²) in [6.45, 7) is 0. The number of nitrogen functional groups attached to an aromatic ring is 1. The van der Waals surface area contributed by atoms with Crippen molar-refractivity contribution in [1.82, 2.24) is 0 Å². The van der Waals surface area contributed by atoms with Gasteiger partial charge in [0.15, 0.2) is 0 Å². The standard InChI is InChI=1S/C15H15N3O2/c1-19-11-4-6-13(15(8-11)20-2)18-14-7-10(9-16)3-5-12(14)17/h3-8,18H,17H2,1-2H3. The van der Waals surface area contributed by atoms with E-state index in [0.717, 1.165) is 5.69 Å². The molecule has 0 saturated carbocycles. The number of anilines is 3. The average molecular weight is 269 g/mol. The molecule has 0 aromatic heterocycles. The van der Waals surface area contributed by atoms with Gasteiger partial charge >= 0.3 is 0 Å². The van der Waals surface area contributed by atoms with Gasteiger partial charge in [-0.05, 0) is 30.3 Å². The minimum atomic E-state index is 0.536. The predicted molar refractivity (Wildman–Crippen MR) is 78.4 cm³/mol. The van der Waals surface area contributed by atoms with Crippen molar-refractivity contribution in [2.24, 2.45) is 0 Å². The van der Waals surface area contributed by atoms with Crippen LogP contribution in [0.1, 0.15) is 5.56 Å². The molecule has 20 heavy (non-hydrogen) atoms. The summed E-state index contributed by atoms with van der Waals surface area (Å²) in [7, 11) is 3.17. The predicted octanol–water partition coefficient (Wildman–Crippen LogP) is 2.90. The van der Waals surface area contributed by atoms with Crippen LogP contribution in [-0.4, -0.2) is 14.2 Å². The van der Waals surface area contributed by atoms with Gasteiger partial charge in [0.1, 0.15) is 11.5 Å². The Balaban J connectivity index is 2.37. The third kappa shape index (κ3) is 2.75. The highest BCUT2D eigenvalue weighted by Gasteiger charge is 2.07. The molecule has 0 aliphatic heterocycles. The molecule has 2 aromatic rings. The van der Waals surface area contributed by atoms with Crippen molar-refractivity contribution in [3.05, 3.63) is 42.0 Å². The Hall–Kier alpha value is -2.87. The molecule has 3 N–H and O–H groups in total. The second-order valence-electron chi connectivity index (χ2n) is 4.11.